The molecule has 3 rings (SSSR count). The highest BCUT2D eigenvalue weighted by molar-refractivity contribution is 7.13. The number of nitrogens with zero attached hydrogens (tertiary/aromatic N) is 1. The third-order valence-corrected chi connectivity index (χ3v) is 4.79. The molecule has 0 radical (unpaired) electrons. The van der Waals surface area contributed by atoms with Crippen LogP contribution in [0.25, 0.3) is 11.0 Å². The van der Waals surface area contributed by atoms with Crippen LogP contribution < -0.4 is 10.9 Å². The summed E-state index contributed by atoms with van der Waals surface area (Å²) in [5.74, 6) is -0.160. The van der Waals surface area contributed by atoms with E-state index in [1.165, 1.54) is 11.3 Å². The van der Waals surface area contributed by atoms with Gasteiger partial charge in [0.05, 0.1) is 5.69 Å². The lowest BCUT2D eigenvalue weighted by atomic mass is 10.0. The fraction of sp³-hybridized carbons (Fsp3) is 0.278. The third-order valence-electron chi connectivity index (χ3n) is 3.91. The number of nitrogens with one attached hydrogen (secondary N) is 1. The topological polar surface area (TPSA) is 72.2 Å². The van der Waals surface area contributed by atoms with Crippen molar-refractivity contribution >= 4 is 33.3 Å². The van der Waals surface area contributed by atoms with E-state index >= 15 is 0 Å². The lowest BCUT2D eigenvalue weighted by molar-refractivity contribution is -0.116. The van der Waals surface area contributed by atoms with Crippen LogP contribution in [0.3, 0.4) is 0 Å². The molecule has 3 aromatic rings. The molecule has 0 unspecified atom stereocenters. The summed E-state index contributed by atoms with van der Waals surface area (Å²) >= 11 is 1.39. The summed E-state index contributed by atoms with van der Waals surface area (Å²) in [5, 5.41) is 6.11. The molecule has 0 spiro atoms. The van der Waals surface area contributed by atoms with Gasteiger partial charge in [-0.15, -0.1) is 11.3 Å². The van der Waals surface area contributed by atoms with E-state index in [0.717, 1.165) is 22.2 Å². The number of fused-ring (bicyclic) bond motifs is 1. The summed E-state index contributed by atoms with van der Waals surface area (Å²) in [5.41, 5.74) is 3.55. The van der Waals surface area contributed by atoms with Crippen LogP contribution in [0, 0.1) is 20.8 Å². The fourth-order valence-corrected chi connectivity index (χ4v) is 3.33. The number of hydrogen-bond donors (Lipinski definition) is 1. The van der Waals surface area contributed by atoms with Gasteiger partial charge in [-0.25, -0.2) is 9.78 Å². The standard InChI is InChI=1S/C18H18N2O3S/c1-10-4-5-13-12(3)14(17(22)23-15(13)8-10)6-7-16(21)20-18-19-11(2)9-24-18/h4-5,8-9H,6-7H2,1-3H3,(H,19,20,21). The van der Waals surface area contributed by atoms with Gasteiger partial charge in [0.25, 0.3) is 0 Å². The Morgan fingerprint density at radius 3 is 2.79 bits per heavy atom. The van der Waals surface area contributed by atoms with Crippen molar-refractivity contribution in [3.8, 4) is 0 Å². The smallest absolute Gasteiger partial charge is 0.339 e. The molecule has 2 aromatic heterocycles. The predicted octanol–water partition coefficient (Wildman–Crippen LogP) is 3.75. The van der Waals surface area contributed by atoms with Gasteiger partial charge in [-0.05, 0) is 44.4 Å². The molecule has 1 N–H and O–H groups in total. The van der Waals surface area contributed by atoms with Crippen LogP contribution in [0.5, 0.6) is 0 Å². The second-order valence-corrected chi connectivity index (χ2v) is 6.69. The van der Waals surface area contributed by atoms with Gasteiger partial charge in [0.15, 0.2) is 5.13 Å². The largest absolute Gasteiger partial charge is 0.423 e. The van der Waals surface area contributed by atoms with E-state index in [0.29, 0.717) is 22.7 Å². The van der Waals surface area contributed by atoms with Crippen LogP contribution in [0.4, 0.5) is 5.13 Å². The monoisotopic (exact) mass is 342 g/mol. The van der Waals surface area contributed by atoms with Crippen LogP contribution in [0.15, 0.2) is 32.8 Å². The van der Waals surface area contributed by atoms with E-state index in [1.807, 2.05) is 44.4 Å². The van der Waals surface area contributed by atoms with E-state index in [9.17, 15) is 9.59 Å². The predicted molar refractivity (Wildman–Crippen MR) is 95.8 cm³/mol. The number of benzene rings is 1. The summed E-state index contributed by atoms with van der Waals surface area (Å²) in [4.78, 5) is 28.5. The zero-order valence-electron chi connectivity index (χ0n) is 13.8. The minimum absolute atomic E-state index is 0.160. The second-order valence-electron chi connectivity index (χ2n) is 5.83. The molecule has 1 amide bonds. The molecule has 0 fully saturated rings. The van der Waals surface area contributed by atoms with Crippen LogP contribution in [-0.4, -0.2) is 10.9 Å². The normalized spacial score (nSPS) is 11.0. The Kier molecular flexibility index (Phi) is 4.49. The van der Waals surface area contributed by atoms with Crippen molar-refractivity contribution in [2.24, 2.45) is 0 Å². The number of aromatic nitrogens is 1. The molecule has 2 heterocycles. The summed E-state index contributed by atoms with van der Waals surface area (Å²) < 4.78 is 5.41. The third kappa shape index (κ3) is 3.38. The minimum atomic E-state index is -0.372. The van der Waals surface area contributed by atoms with Crippen molar-refractivity contribution in [1.29, 1.82) is 0 Å². The molecule has 0 atom stereocenters. The molecular formula is C18H18N2O3S. The first-order valence-corrected chi connectivity index (χ1v) is 8.57. The van der Waals surface area contributed by atoms with E-state index in [2.05, 4.69) is 10.3 Å². The van der Waals surface area contributed by atoms with Gasteiger partial charge < -0.3 is 9.73 Å². The lowest BCUT2D eigenvalue weighted by Crippen LogP contribution is -2.16. The molecule has 0 saturated carbocycles. The van der Waals surface area contributed by atoms with Crippen molar-refractivity contribution in [3.63, 3.8) is 0 Å². The molecule has 0 saturated heterocycles. The molecule has 1 aromatic carbocycles. The number of hydrogen-bond acceptors (Lipinski definition) is 5. The molecule has 0 bridgehead atoms. The molecule has 6 heteroatoms. The van der Waals surface area contributed by atoms with Crippen LogP contribution in [0.1, 0.15) is 28.8 Å². The van der Waals surface area contributed by atoms with Gasteiger partial charge in [0, 0.05) is 22.8 Å². The highest BCUT2D eigenvalue weighted by Gasteiger charge is 2.13. The number of aryl methyl sites for hydroxylation is 3. The van der Waals surface area contributed by atoms with Gasteiger partial charge in [-0.2, -0.15) is 0 Å². The first-order valence-electron chi connectivity index (χ1n) is 7.69. The van der Waals surface area contributed by atoms with Crippen LogP contribution >= 0.6 is 11.3 Å². The maximum absolute atomic E-state index is 12.2. The Labute approximate surface area is 143 Å². The van der Waals surface area contributed by atoms with Gasteiger partial charge in [-0.3, -0.25) is 4.79 Å². The van der Waals surface area contributed by atoms with Crippen LogP contribution in [-0.2, 0) is 11.2 Å². The molecule has 24 heavy (non-hydrogen) atoms. The van der Waals surface area contributed by atoms with Crippen molar-refractivity contribution in [2.45, 2.75) is 33.6 Å². The summed E-state index contributed by atoms with van der Waals surface area (Å²) in [6.07, 6.45) is 0.551. The van der Waals surface area contributed by atoms with Crippen molar-refractivity contribution < 1.29 is 9.21 Å². The fourth-order valence-electron chi connectivity index (χ4n) is 2.62. The van der Waals surface area contributed by atoms with Crippen LogP contribution in [0.2, 0.25) is 0 Å². The van der Waals surface area contributed by atoms with Crippen molar-refractivity contribution in [3.05, 3.63) is 56.4 Å². The number of anilines is 1. The molecule has 0 aliphatic rings. The highest BCUT2D eigenvalue weighted by Crippen LogP contribution is 2.21. The minimum Gasteiger partial charge on any atom is -0.423 e. The van der Waals surface area contributed by atoms with E-state index in [4.69, 9.17) is 4.42 Å². The molecular weight excluding hydrogens is 324 g/mol. The van der Waals surface area contributed by atoms with Crippen molar-refractivity contribution in [1.82, 2.24) is 4.98 Å². The Bertz CT molecular complexity index is 972. The molecule has 5 nitrogen and oxygen atoms in total. The first-order chi connectivity index (χ1) is 11.4. The number of carbonyl (C=O) groups excluding carboxylic acids is 1. The Hall–Kier alpha value is -2.47. The Morgan fingerprint density at radius 2 is 2.08 bits per heavy atom. The van der Waals surface area contributed by atoms with E-state index in [1.54, 1.807) is 0 Å². The quantitative estimate of drug-likeness (QED) is 0.733. The van der Waals surface area contributed by atoms with Gasteiger partial charge >= 0.3 is 5.63 Å². The van der Waals surface area contributed by atoms with E-state index < -0.39 is 0 Å². The molecule has 0 aliphatic heterocycles. The molecule has 124 valence electrons. The first kappa shape index (κ1) is 16.4. The van der Waals surface area contributed by atoms with E-state index in [-0.39, 0.29) is 18.0 Å². The average molecular weight is 342 g/mol. The Balaban J connectivity index is 1.78. The average Bonchev–Trinajstić information content (AvgIpc) is 2.91. The second kappa shape index (κ2) is 6.57. The number of thiazole rings is 1. The van der Waals surface area contributed by atoms with Gasteiger partial charge in [0.2, 0.25) is 5.91 Å². The van der Waals surface area contributed by atoms with Gasteiger partial charge in [-0.1, -0.05) is 12.1 Å². The maximum Gasteiger partial charge on any atom is 0.339 e. The zero-order chi connectivity index (χ0) is 17.3. The maximum atomic E-state index is 12.2. The summed E-state index contributed by atoms with van der Waals surface area (Å²) in [7, 11) is 0. The zero-order valence-corrected chi connectivity index (χ0v) is 14.6. The number of carbonyl (C=O) groups is 1. The van der Waals surface area contributed by atoms with Gasteiger partial charge in [0.1, 0.15) is 5.58 Å². The highest BCUT2D eigenvalue weighted by atomic mass is 32.1. The summed E-state index contributed by atoms with van der Waals surface area (Å²) in [6.45, 7) is 5.72. The van der Waals surface area contributed by atoms with Crippen molar-refractivity contribution in [2.75, 3.05) is 5.32 Å². The SMILES string of the molecule is Cc1ccc2c(C)c(CCC(=O)Nc3nc(C)cs3)c(=O)oc2c1. The number of amides is 1. The lowest BCUT2D eigenvalue weighted by Gasteiger charge is -2.08. The Morgan fingerprint density at radius 1 is 1.29 bits per heavy atom. The number of rotatable bonds is 4. The molecule has 0 aliphatic carbocycles. The summed E-state index contributed by atoms with van der Waals surface area (Å²) in [6, 6.07) is 5.78.